The van der Waals surface area contributed by atoms with Crippen molar-refractivity contribution in [2.45, 2.75) is 51.6 Å². The van der Waals surface area contributed by atoms with Gasteiger partial charge in [0.1, 0.15) is 5.82 Å². The second kappa shape index (κ2) is 8.23. The minimum atomic E-state index is -0.550. The van der Waals surface area contributed by atoms with Crippen LogP contribution in [0.1, 0.15) is 32.2 Å². The number of nitrogens with zero attached hydrogens (tertiary/aromatic N) is 2. The molecule has 4 nitrogen and oxygen atoms in total. The highest BCUT2D eigenvalue weighted by Gasteiger charge is 2.21. The molecule has 0 aliphatic rings. The zero-order valence-electron chi connectivity index (χ0n) is 15.1. The van der Waals surface area contributed by atoms with Crippen LogP contribution in [0.5, 0.6) is 0 Å². The molecule has 1 unspecified atom stereocenters. The molecule has 1 N–H and O–H groups in total. The smallest absolute Gasteiger partial charge is 0.237 e. The van der Waals surface area contributed by atoms with Crippen LogP contribution in [0.4, 0.5) is 10.1 Å². The molecule has 1 aromatic carbocycles. The number of hydrogen-bond acceptors (Lipinski definition) is 3. The van der Waals surface area contributed by atoms with Crippen molar-refractivity contribution < 1.29 is 9.18 Å². The molecule has 0 aliphatic heterocycles. The topological polar surface area (TPSA) is 46.9 Å². The van der Waals surface area contributed by atoms with Gasteiger partial charge in [0.25, 0.3) is 0 Å². The zero-order chi connectivity index (χ0) is 18.7. The van der Waals surface area contributed by atoms with Crippen molar-refractivity contribution in [2.75, 3.05) is 5.32 Å². The average Bonchev–Trinajstić information content (AvgIpc) is 2.77. The van der Waals surface area contributed by atoms with E-state index in [-0.39, 0.29) is 11.6 Å². The Morgan fingerprint density at radius 2 is 2.04 bits per heavy atom. The molecule has 1 amide bonds. The maximum Gasteiger partial charge on any atom is 0.237 e. The van der Waals surface area contributed by atoms with E-state index < -0.39 is 11.1 Å². The highest BCUT2D eigenvalue weighted by molar-refractivity contribution is 8.00. The van der Waals surface area contributed by atoms with E-state index in [4.69, 9.17) is 11.6 Å². The van der Waals surface area contributed by atoms with E-state index in [2.05, 4.69) is 28.7 Å². The van der Waals surface area contributed by atoms with Crippen molar-refractivity contribution in [2.24, 2.45) is 5.92 Å². The third kappa shape index (κ3) is 4.98. The highest BCUT2D eigenvalue weighted by atomic mass is 35.5. The zero-order valence-corrected chi connectivity index (χ0v) is 16.6. The number of halogens is 2. The third-order valence-electron chi connectivity index (χ3n) is 3.81. The van der Waals surface area contributed by atoms with E-state index in [1.54, 1.807) is 13.0 Å². The Kier molecular flexibility index (Phi) is 6.52. The summed E-state index contributed by atoms with van der Waals surface area (Å²) in [6, 6.07) is 4.18. The molecule has 2 aromatic rings. The van der Waals surface area contributed by atoms with Gasteiger partial charge in [-0.15, -0.1) is 0 Å². The molecule has 0 saturated carbocycles. The summed E-state index contributed by atoms with van der Waals surface area (Å²) in [5.41, 5.74) is 2.19. The van der Waals surface area contributed by atoms with Gasteiger partial charge in [0.2, 0.25) is 5.91 Å². The number of hydrogen-bond donors (Lipinski definition) is 1. The van der Waals surface area contributed by atoms with Gasteiger partial charge in [-0.2, -0.15) is 0 Å². The van der Waals surface area contributed by atoms with Gasteiger partial charge in [-0.1, -0.05) is 37.2 Å². The molecular formula is C18H23ClFN3OS. The van der Waals surface area contributed by atoms with Crippen LogP contribution in [0, 0.1) is 25.6 Å². The van der Waals surface area contributed by atoms with Crippen molar-refractivity contribution in [1.82, 2.24) is 9.55 Å². The molecule has 2 rings (SSSR count). The van der Waals surface area contributed by atoms with Crippen LogP contribution >= 0.6 is 23.4 Å². The maximum atomic E-state index is 13.8. The average molecular weight is 384 g/mol. The molecule has 0 bridgehead atoms. The summed E-state index contributed by atoms with van der Waals surface area (Å²) < 4.78 is 16.0. The van der Waals surface area contributed by atoms with Gasteiger partial charge in [0.15, 0.2) is 5.16 Å². The minimum absolute atomic E-state index is 0.125. The SMILES string of the molecule is Cc1nc(SC(C)C(=O)Nc2ccc(Cl)cc2F)n(CC(C)C)c1C. The number of benzene rings is 1. The fourth-order valence-electron chi connectivity index (χ4n) is 2.33. The van der Waals surface area contributed by atoms with Crippen molar-refractivity contribution >= 4 is 35.0 Å². The van der Waals surface area contributed by atoms with Gasteiger partial charge in [-0.05, 0) is 44.9 Å². The Hall–Kier alpha value is -1.53. The van der Waals surface area contributed by atoms with Crippen molar-refractivity contribution in [3.63, 3.8) is 0 Å². The first kappa shape index (κ1) is 19.8. The van der Waals surface area contributed by atoms with Crippen LogP contribution in [0.15, 0.2) is 23.4 Å². The third-order valence-corrected chi connectivity index (χ3v) is 5.14. The van der Waals surface area contributed by atoms with Crippen LogP contribution in [-0.4, -0.2) is 20.7 Å². The van der Waals surface area contributed by atoms with E-state index in [0.717, 1.165) is 23.1 Å². The van der Waals surface area contributed by atoms with Crippen molar-refractivity contribution in [3.05, 3.63) is 40.4 Å². The number of amides is 1. The van der Waals surface area contributed by atoms with Gasteiger partial charge in [0.05, 0.1) is 16.6 Å². The van der Waals surface area contributed by atoms with E-state index in [1.165, 1.54) is 23.9 Å². The Labute approximate surface area is 157 Å². The van der Waals surface area contributed by atoms with Crippen molar-refractivity contribution in [3.8, 4) is 0 Å². The molecule has 136 valence electrons. The summed E-state index contributed by atoms with van der Waals surface area (Å²) in [6.45, 7) is 10.9. The van der Waals surface area contributed by atoms with E-state index >= 15 is 0 Å². The molecule has 0 radical (unpaired) electrons. The van der Waals surface area contributed by atoms with Crippen LogP contribution < -0.4 is 5.32 Å². The fourth-order valence-corrected chi connectivity index (χ4v) is 3.50. The number of anilines is 1. The molecule has 7 heteroatoms. The summed E-state index contributed by atoms with van der Waals surface area (Å²) in [5.74, 6) is -0.356. The quantitative estimate of drug-likeness (QED) is 0.708. The summed E-state index contributed by atoms with van der Waals surface area (Å²) in [6.07, 6.45) is 0. The molecule has 25 heavy (non-hydrogen) atoms. The van der Waals surface area contributed by atoms with Crippen LogP contribution in [0.2, 0.25) is 5.02 Å². The van der Waals surface area contributed by atoms with Gasteiger partial charge < -0.3 is 9.88 Å². The first-order chi connectivity index (χ1) is 11.7. The largest absolute Gasteiger partial charge is 0.323 e. The lowest BCUT2D eigenvalue weighted by molar-refractivity contribution is -0.115. The van der Waals surface area contributed by atoms with E-state index in [1.807, 2.05) is 13.8 Å². The Balaban J connectivity index is 2.12. The lowest BCUT2D eigenvalue weighted by Crippen LogP contribution is -2.23. The number of carbonyl (C=O) groups is 1. The summed E-state index contributed by atoms with van der Waals surface area (Å²) in [7, 11) is 0. The van der Waals surface area contributed by atoms with Gasteiger partial charge in [-0.3, -0.25) is 4.79 Å². The van der Waals surface area contributed by atoms with Crippen LogP contribution in [-0.2, 0) is 11.3 Å². The molecule has 0 saturated heterocycles. The maximum absolute atomic E-state index is 13.8. The standard InChI is InChI=1S/C18H23ClFN3OS/c1-10(2)9-23-12(4)11(3)21-18(23)25-13(5)17(24)22-16-7-6-14(19)8-15(16)20/h6-8,10,13H,9H2,1-5H3,(H,22,24). The lowest BCUT2D eigenvalue weighted by atomic mass is 10.2. The lowest BCUT2D eigenvalue weighted by Gasteiger charge is -2.15. The predicted octanol–water partition coefficient (Wildman–Crippen LogP) is 5.07. The monoisotopic (exact) mass is 383 g/mol. The number of rotatable bonds is 6. The first-order valence-electron chi connectivity index (χ1n) is 8.15. The molecular weight excluding hydrogens is 361 g/mol. The predicted molar refractivity (Wildman–Crippen MR) is 102 cm³/mol. The number of aryl methyl sites for hydroxylation is 1. The van der Waals surface area contributed by atoms with Crippen molar-refractivity contribution in [1.29, 1.82) is 0 Å². The summed E-state index contributed by atoms with van der Waals surface area (Å²) >= 11 is 7.11. The summed E-state index contributed by atoms with van der Waals surface area (Å²) in [4.78, 5) is 17.0. The molecule has 0 aliphatic carbocycles. The first-order valence-corrected chi connectivity index (χ1v) is 9.41. The Morgan fingerprint density at radius 3 is 2.64 bits per heavy atom. The minimum Gasteiger partial charge on any atom is -0.323 e. The fraction of sp³-hybridized carbons (Fsp3) is 0.444. The van der Waals surface area contributed by atoms with Gasteiger partial charge in [-0.25, -0.2) is 9.37 Å². The number of carbonyl (C=O) groups excluding carboxylic acids is 1. The molecule has 1 heterocycles. The van der Waals surface area contributed by atoms with E-state index in [9.17, 15) is 9.18 Å². The number of imidazole rings is 1. The molecule has 0 fully saturated rings. The summed E-state index contributed by atoms with van der Waals surface area (Å²) in [5, 5.41) is 3.29. The van der Waals surface area contributed by atoms with Crippen LogP contribution in [0.3, 0.4) is 0 Å². The van der Waals surface area contributed by atoms with E-state index in [0.29, 0.717) is 10.9 Å². The number of nitrogens with one attached hydrogen (secondary N) is 1. The van der Waals surface area contributed by atoms with Gasteiger partial charge >= 0.3 is 0 Å². The number of aromatic nitrogens is 2. The molecule has 1 atom stereocenters. The van der Waals surface area contributed by atoms with Gasteiger partial charge in [0, 0.05) is 17.3 Å². The molecule has 1 aromatic heterocycles. The number of thioether (sulfide) groups is 1. The molecule has 0 spiro atoms. The second-order valence-electron chi connectivity index (χ2n) is 6.44. The second-order valence-corrected chi connectivity index (χ2v) is 8.19. The highest BCUT2D eigenvalue weighted by Crippen LogP contribution is 2.27. The Morgan fingerprint density at radius 1 is 1.36 bits per heavy atom. The Bertz CT molecular complexity index is 776. The normalized spacial score (nSPS) is 12.5. The van der Waals surface area contributed by atoms with Crippen LogP contribution in [0.25, 0.3) is 0 Å².